The third kappa shape index (κ3) is 2.75. The molecule has 3 aromatic rings. The van der Waals surface area contributed by atoms with E-state index in [4.69, 9.17) is 16.3 Å². The summed E-state index contributed by atoms with van der Waals surface area (Å²) in [5.74, 6) is -0.351. The van der Waals surface area contributed by atoms with Crippen LogP contribution in [-0.2, 0) is 4.79 Å². The largest absolute Gasteiger partial charge is 0.457 e. The van der Waals surface area contributed by atoms with Gasteiger partial charge in [-0.3, -0.25) is 4.79 Å². The van der Waals surface area contributed by atoms with E-state index in [0.29, 0.717) is 11.5 Å². The Bertz CT molecular complexity index is 928. The van der Waals surface area contributed by atoms with E-state index < -0.39 is 11.7 Å². The molecule has 1 aliphatic rings. The second-order valence-corrected chi connectivity index (χ2v) is 6.11. The van der Waals surface area contributed by atoms with Crippen molar-refractivity contribution in [3.63, 3.8) is 0 Å². The Morgan fingerprint density at radius 2 is 1.52 bits per heavy atom. The lowest BCUT2D eigenvalue weighted by molar-refractivity contribution is -0.116. The van der Waals surface area contributed by atoms with Gasteiger partial charge in [-0.25, -0.2) is 4.39 Å². The topological polar surface area (TPSA) is 38.3 Å². The van der Waals surface area contributed by atoms with E-state index in [2.05, 4.69) is 5.32 Å². The molecule has 0 radical (unpaired) electrons. The average Bonchev–Trinajstić information content (AvgIpc) is 2.63. The Morgan fingerprint density at radius 3 is 2.16 bits per heavy atom. The van der Waals surface area contributed by atoms with Crippen molar-refractivity contribution < 1.29 is 13.9 Å². The smallest absolute Gasteiger partial charge is 0.236 e. The molecule has 0 fully saturated rings. The SMILES string of the molecule is O=C(Nc1cccc(Cl)c1F)C1c2ccccc2Oc2ccccc21. The fourth-order valence-corrected chi connectivity index (χ4v) is 3.17. The van der Waals surface area contributed by atoms with Gasteiger partial charge in [0.25, 0.3) is 0 Å². The van der Waals surface area contributed by atoms with Gasteiger partial charge in [0.2, 0.25) is 5.91 Å². The highest BCUT2D eigenvalue weighted by atomic mass is 35.5. The highest BCUT2D eigenvalue weighted by molar-refractivity contribution is 6.31. The van der Waals surface area contributed by atoms with E-state index in [1.807, 2.05) is 48.5 Å². The fraction of sp³-hybridized carbons (Fsp3) is 0.0500. The van der Waals surface area contributed by atoms with Crippen LogP contribution in [0.25, 0.3) is 0 Å². The number of amides is 1. The molecule has 4 rings (SSSR count). The molecule has 124 valence electrons. The number of hydrogen-bond acceptors (Lipinski definition) is 2. The average molecular weight is 354 g/mol. The van der Waals surface area contributed by atoms with Crippen LogP contribution >= 0.6 is 11.6 Å². The van der Waals surface area contributed by atoms with E-state index >= 15 is 0 Å². The Labute approximate surface area is 149 Å². The summed E-state index contributed by atoms with van der Waals surface area (Å²) >= 11 is 5.80. The summed E-state index contributed by atoms with van der Waals surface area (Å²) in [5.41, 5.74) is 1.53. The van der Waals surface area contributed by atoms with Crippen molar-refractivity contribution in [1.29, 1.82) is 0 Å². The molecule has 3 nitrogen and oxygen atoms in total. The van der Waals surface area contributed by atoms with Gasteiger partial charge in [-0.1, -0.05) is 54.1 Å². The van der Waals surface area contributed by atoms with Crippen LogP contribution in [0.1, 0.15) is 17.0 Å². The summed E-state index contributed by atoms with van der Waals surface area (Å²) in [6.07, 6.45) is 0. The molecule has 0 aliphatic carbocycles. The van der Waals surface area contributed by atoms with E-state index in [1.165, 1.54) is 12.1 Å². The Hall–Kier alpha value is -2.85. The lowest BCUT2D eigenvalue weighted by atomic mass is 9.87. The van der Waals surface area contributed by atoms with Crippen molar-refractivity contribution in [3.05, 3.63) is 88.7 Å². The molecule has 0 aromatic heterocycles. The van der Waals surface area contributed by atoms with E-state index in [1.54, 1.807) is 6.07 Å². The number of halogens is 2. The maximum atomic E-state index is 14.1. The molecule has 1 amide bonds. The molecule has 5 heteroatoms. The number of carbonyl (C=O) groups excluding carboxylic acids is 1. The number of carbonyl (C=O) groups is 1. The predicted octanol–water partition coefficient (Wildman–Crippen LogP) is 5.36. The summed E-state index contributed by atoms with van der Waals surface area (Å²) in [5, 5.41) is 2.61. The first-order valence-electron chi connectivity index (χ1n) is 7.76. The van der Waals surface area contributed by atoms with E-state index in [0.717, 1.165) is 11.1 Å². The van der Waals surface area contributed by atoms with Crippen molar-refractivity contribution in [1.82, 2.24) is 0 Å². The molecule has 3 aromatic carbocycles. The summed E-state index contributed by atoms with van der Waals surface area (Å²) < 4.78 is 20.0. The van der Waals surface area contributed by atoms with Gasteiger partial charge in [0.15, 0.2) is 5.82 Å². The van der Waals surface area contributed by atoms with Gasteiger partial charge in [0, 0.05) is 11.1 Å². The highest BCUT2D eigenvalue weighted by Gasteiger charge is 2.32. The zero-order valence-corrected chi connectivity index (χ0v) is 13.8. The van der Waals surface area contributed by atoms with Gasteiger partial charge < -0.3 is 10.1 Å². The van der Waals surface area contributed by atoms with E-state index in [-0.39, 0.29) is 16.6 Å². The van der Waals surface area contributed by atoms with Crippen molar-refractivity contribution in [2.24, 2.45) is 0 Å². The number of benzene rings is 3. The Morgan fingerprint density at radius 1 is 0.920 bits per heavy atom. The monoisotopic (exact) mass is 353 g/mol. The van der Waals surface area contributed by atoms with Crippen molar-refractivity contribution in [2.45, 2.75) is 5.92 Å². The normalized spacial score (nSPS) is 12.7. The molecule has 25 heavy (non-hydrogen) atoms. The van der Waals surface area contributed by atoms with Crippen LogP contribution < -0.4 is 10.1 Å². The van der Waals surface area contributed by atoms with Gasteiger partial charge in [-0.05, 0) is 24.3 Å². The number of rotatable bonds is 2. The molecular weight excluding hydrogens is 341 g/mol. The van der Waals surface area contributed by atoms with Gasteiger partial charge in [0.05, 0.1) is 16.6 Å². The lowest BCUT2D eigenvalue weighted by Gasteiger charge is -2.27. The first-order valence-corrected chi connectivity index (χ1v) is 8.13. The van der Waals surface area contributed by atoms with Crippen LogP contribution in [0, 0.1) is 5.82 Å². The fourth-order valence-electron chi connectivity index (χ4n) is 3.00. The van der Waals surface area contributed by atoms with Crippen molar-refractivity contribution in [3.8, 4) is 11.5 Å². The third-order valence-electron chi connectivity index (χ3n) is 4.15. The summed E-state index contributed by atoms with van der Waals surface area (Å²) in [7, 11) is 0. The maximum absolute atomic E-state index is 14.1. The minimum atomic E-state index is -0.647. The standard InChI is InChI=1S/C20H13ClFNO2/c21-14-8-5-9-15(19(14)22)23-20(24)18-12-6-1-3-10-16(12)25-17-11-4-2-7-13(17)18/h1-11,18H,(H,23,24). The zero-order valence-electron chi connectivity index (χ0n) is 13.0. The molecule has 1 N–H and O–H groups in total. The van der Waals surface area contributed by atoms with E-state index in [9.17, 15) is 9.18 Å². The third-order valence-corrected chi connectivity index (χ3v) is 4.44. The molecule has 0 saturated carbocycles. The molecular formula is C20H13ClFNO2. The molecule has 1 aliphatic heterocycles. The molecule has 0 spiro atoms. The van der Waals surface area contributed by atoms with Crippen LogP contribution in [0.5, 0.6) is 11.5 Å². The Kier molecular flexibility index (Phi) is 3.90. The number of hydrogen-bond donors (Lipinski definition) is 1. The van der Waals surface area contributed by atoms with Gasteiger partial charge >= 0.3 is 0 Å². The highest BCUT2D eigenvalue weighted by Crippen LogP contribution is 2.44. The zero-order chi connectivity index (χ0) is 17.4. The first kappa shape index (κ1) is 15.7. The summed E-state index contributed by atoms with van der Waals surface area (Å²) in [4.78, 5) is 13.0. The number of fused-ring (bicyclic) bond motifs is 2. The molecule has 0 unspecified atom stereocenters. The van der Waals surface area contributed by atoms with Crippen LogP contribution in [0.15, 0.2) is 66.7 Å². The minimum absolute atomic E-state index is 0.0365. The van der Waals surface area contributed by atoms with Gasteiger partial charge in [0.1, 0.15) is 11.5 Å². The number of ether oxygens (including phenoxy) is 1. The predicted molar refractivity (Wildman–Crippen MR) is 94.8 cm³/mol. The summed E-state index contributed by atoms with van der Waals surface area (Å²) in [6, 6.07) is 19.2. The molecule has 0 atom stereocenters. The van der Waals surface area contributed by atoms with Crippen molar-refractivity contribution >= 4 is 23.2 Å². The maximum Gasteiger partial charge on any atom is 0.236 e. The minimum Gasteiger partial charge on any atom is -0.457 e. The summed E-state index contributed by atoms with van der Waals surface area (Å²) in [6.45, 7) is 0. The lowest BCUT2D eigenvalue weighted by Crippen LogP contribution is -2.25. The molecule has 0 bridgehead atoms. The number of nitrogens with one attached hydrogen (secondary N) is 1. The second kappa shape index (κ2) is 6.22. The number of para-hydroxylation sites is 2. The van der Waals surface area contributed by atoms with Crippen molar-refractivity contribution in [2.75, 3.05) is 5.32 Å². The van der Waals surface area contributed by atoms with Crippen LogP contribution in [0.4, 0.5) is 10.1 Å². The molecule has 1 heterocycles. The van der Waals surface area contributed by atoms with Crippen LogP contribution in [-0.4, -0.2) is 5.91 Å². The quantitative estimate of drug-likeness (QED) is 0.674. The molecule has 0 saturated heterocycles. The van der Waals surface area contributed by atoms with Gasteiger partial charge in [-0.15, -0.1) is 0 Å². The Balaban J connectivity index is 1.77. The van der Waals surface area contributed by atoms with Crippen LogP contribution in [0.2, 0.25) is 5.02 Å². The first-order chi connectivity index (χ1) is 12.1. The van der Waals surface area contributed by atoms with Crippen LogP contribution in [0.3, 0.4) is 0 Å². The number of anilines is 1. The second-order valence-electron chi connectivity index (χ2n) is 5.70. The van der Waals surface area contributed by atoms with Gasteiger partial charge in [-0.2, -0.15) is 0 Å².